The Morgan fingerprint density at radius 3 is 2.43 bits per heavy atom. The van der Waals surface area contributed by atoms with Crippen LogP contribution in [0.3, 0.4) is 0 Å². The number of hydrogen-bond donors (Lipinski definition) is 1. The van der Waals surface area contributed by atoms with Gasteiger partial charge in [-0.05, 0) is 25.5 Å². The highest BCUT2D eigenvalue weighted by atomic mass is 32.2. The Kier molecular flexibility index (Phi) is 4.18. The minimum absolute atomic E-state index is 0.0920. The van der Waals surface area contributed by atoms with Crippen LogP contribution in [0.25, 0.3) is 0 Å². The second-order valence-corrected chi connectivity index (χ2v) is 6.74. The first-order valence-electron chi connectivity index (χ1n) is 6.57. The van der Waals surface area contributed by atoms with E-state index in [0.29, 0.717) is 6.42 Å². The molecule has 2 atom stereocenters. The molecule has 112 valence electrons. The lowest BCUT2D eigenvalue weighted by molar-refractivity contribution is 0.233. The molecule has 1 N–H and O–H groups in total. The van der Waals surface area contributed by atoms with Crippen LogP contribution in [-0.2, 0) is 10.0 Å². The van der Waals surface area contributed by atoms with E-state index in [1.165, 1.54) is 18.2 Å². The molecule has 1 aliphatic heterocycles. The summed E-state index contributed by atoms with van der Waals surface area (Å²) in [6.07, 6.45) is 3.59. The van der Waals surface area contributed by atoms with Crippen LogP contribution in [0.4, 0.5) is 4.79 Å². The molecule has 0 bridgehead atoms. The molecule has 2 rings (SSSR count). The van der Waals surface area contributed by atoms with E-state index in [4.69, 9.17) is 0 Å². The topological polar surface area (TPSA) is 66.5 Å². The third-order valence-electron chi connectivity index (χ3n) is 3.43. The van der Waals surface area contributed by atoms with Crippen LogP contribution in [-0.4, -0.2) is 30.8 Å². The molecule has 1 aromatic carbocycles. The Balaban J connectivity index is 2.42. The van der Waals surface area contributed by atoms with Crippen LogP contribution < -0.4 is 5.32 Å². The third-order valence-corrected chi connectivity index (χ3v) is 5.23. The van der Waals surface area contributed by atoms with Gasteiger partial charge in [0.05, 0.1) is 17.0 Å². The summed E-state index contributed by atoms with van der Waals surface area (Å²) in [5, 5.41) is 2.66. The van der Waals surface area contributed by atoms with E-state index in [2.05, 4.69) is 18.5 Å². The lowest BCUT2D eigenvalue weighted by Crippen LogP contribution is -2.39. The normalized spacial score (nSPS) is 22.0. The molecular formula is C15H18N2O3S. The van der Waals surface area contributed by atoms with E-state index in [0.717, 1.165) is 9.87 Å². The molecular weight excluding hydrogens is 288 g/mol. The molecule has 0 radical (unpaired) electrons. The van der Waals surface area contributed by atoms with Crippen molar-refractivity contribution in [2.45, 2.75) is 30.3 Å². The van der Waals surface area contributed by atoms with Gasteiger partial charge >= 0.3 is 6.03 Å². The molecule has 1 aromatic rings. The van der Waals surface area contributed by atoms with Crippen molar-refractivity contribution in [1.29, 1.82) is 0 Å². The predicted octanol–water partition coefficient (Wildman–Crippen LogP) is 2.21. The highest BCUT2D eigenvalue weighted by Gasteiger charge is 2.44. The second kappa shape index (κ2) is 5.73. The van der Waals surface area contributed by atoms with Gasteiger partial charge in [-0.2, -0.15) is 0 Å². The van der Waals surface area contributed by atoms with Gasteiger partial charge in [0, 0.05) is 0 Å². The molecule has 1 fully saturated rings. The number of carbonyl (C=O) groups excluding carboxylic acids is 1. The monoisotopic (exact) mass is 306 g/mol. The van der Waals surface area contributed by atoms with Crippen molar-refractivity contribution in [1.82, 2.24) is 9.62 Å². The van der Waals surface area contributed by atoms with E-state index in [-0.39, 0.29) is 10.9 Å². The van der Waals surface area contributed by atoms with E-state index in [1.54, 1.807) is 18.2 Å². The van der Waals surface area contributed by atoms with Gasteiger partial charge in [0.15, 0.2) is 0 Å². The number of nitrogens with one attached hydrogen (secondary N) is 1. The van der Waals surface area contributed by atoms with Crippen molar-refractivity contribution in [2.24, 2.45) is 0 Å². The number of carbonyl (C=O) groups is 1. The first-order valence-corrected chi connectivity index (χ1v) is 8.01. The Hall–Kier alpha value is -2.08. The van der Waals surface area contributed by atoms with Gasteiger partial charge < -0.3 is 5.32 Å². The molecule has 0 spiro atoms. The molecule has 5 nitrogen and oxygen atoms in total. The molecule has 1 heterocycles. The van der Waals surface area contributed by atoms with Crippen molar-refractivity contribution in [3.05, 3.63) is 55.1 Å². The summed E-state index contributed by atoms with van der Waals surface area (Å²) in [5.74, 6) is 0. The zero-order valence-electron chi connectivity index (χ0n) is 11.8. The zero-order valence-corrected chi connectivity index (χ0v) is 12.6. The number of aryl methyl sites for hydroxylation is 1. The smallest absolute Gasteiger partial charge is 0.332 e. The number of nitrogens with zero attached hydrogens (tertiary/aromatic N) is 1. The van der Waals surface area contributed by atoms with Crippen molar-refractivity contribution < 1.29 is 13.2 Å². The number of urea groups is 1. The fourth-order valence-electron chi connectivity index (χ4n) is 2.34. The molecule has 21 heavy (non-hydrogen) atoms. The van der Waals surface area contributed by atoms with Gasteiger partial charge in [-0.25, -0.2) is 17.5 Å². The van der Waals surface area contributed by atoms with Crippen molar-refractivity contribution in [3.63, 3.8) is 0 Å². The maximum Gasteiger partial charge on any atom is 0.332 e. The molecule has 1 aliphatic rings. The summed E-state index contributed by atoms with van der Waals surface area (Å²) in [7, 11) is -3.90. The van der Waals surface area contributed by atoms with Crippen molar-refractivity contribution in [2.75, 3.05) is 0 Å². The van der Waals surface area contributed by atoms with Gasteiger partial charge in [-0.1, -0.05) is 29.8 Å². The van der Waals surface area contributed by atoms with Gasteiger partial charge in [0.25, 0.3) is 10.0 Å². The summed E-state index contributed by atoms with van der Waals surface area (Å²) in [6.45, 7) is 9.13. The zero-order chi connectivity index (χ0) is 15.6. The Morgan fingerprint density at radius 2 is 1.90 bits per heavy atom. The fraction of sp³-hybridized carbons (Fsp3) is 0.267. The van der Waals surface area contributed by atoms with Gasteiger partial charge in [-0.3, -0.25) is 0 Å². The summed E-state index contributed by atoms with van der Waals surface area (Å²) in [6, 6.07) is 4.80. The van der Waals surface area contributed by atoms with Gasteiger partial charge in [-0.15, -0.1) is 13.2 Å². The first kappa shape index (κ1) is 15.3. The minimum atomic E-state index is -3.90. The maximum absolute atomic E-state index is 12.7. The fourth-order valence-corrected chi connectivity index (χ4v) is 3.87. The lowest BCUT2D eigenvalue weighted by Gasteiger charge is -2.22. The quantitative estimate of drug-likeness (QED) is 0.848. The van der Waals surface area contributed by atoms with Crippen LogP contribution in [0.1, 0.15) is 12.0 Å². The molecule has 2 amide bonds. The van der Waals surface area contributed by atoms with E-state index < -0.39 is 22.1 Å². The van der Waals surface area contributed by atoms with Gasteiger partial charge in [0.2, 0.25) is 0 Å². The lowest BCUT2D eigenvalue weighted by atomic mass is 10.1. The van der Waals surface area contributed by atoms with Crippen LogP contribution in [0.15, 0.2) is 54.5 Å². The summed E-state index contributed by atoms with van der Waals surface area (Å²) < 4.78 is 26.2. The van der Waals surface area contributed by atoms with E-state index in [1.807, 2.05) is 6.92 Å². The average molecular weight is 306 g/mol. The number of benzene rings is 1. The third kappa shape index (κ3) is 2.71. The van der Waals surface area contributed by atoms with Gasteiger partial charge in [0.1, 0.15) is 0 Å². The maximum atomic E-state index is 12.7. The average Bonchev–Trinajstić information content (AvgIpc) is 2.76. The molecule has 0 aliphatic carbocycles. The summed E-state index contributed by atoms with van der Waals surface area (Å²) >= 11 is 0. The molecule has 0 unspecified atom stereocenters. The molecule has 0 saturated carbocycles. The van der Waals surface area contributed by atoms with E-state index >= 15 is 0 Å². The Labute approximate surface area is 125 Å². The summed E-state index contributed by atoms with van der Waals surface area (Å²) in [4.78, 5) is 12.2. The van der Waals surface area contributed by atoms with Crippen LogP contribution in [0.5, 0.6) is 0 Å². The van der Waals surface area contributed by atoms with Crippen LogP contribution >= 0.6 is 0 Å². The Morgan fingerprint density at radius 1 is 1.29 bits per heavy atom. The molecule has 0 aromatic heterocycles. The van der Waals surface area contributed by atoms with E-state index in [9.17, 15) is 13.2 Å². The molecule has 1 saturated heterocycles. The summed E-state index contributed by atoms with van der Waals surface area (Å²) in [5.41, 5.74) is 0.949. The number of rotatable bonds is 5. The molecule has 6 heteroatoms. The number of sulfonamides is 1. The highest BCUT2D eigenvalue weighted by molar-refractivity contribution is 7.89. The highest BCUT2D eigenvalue weighted by Crippen LogP contribution is 2.26. The standard InChI is InChI=1S/C15H18N2O3S/c1-4-6-13-14(5-2)17(15(18)16-13)21(19,20)12-9-7-11(3)8-10-12/h4-5,7-10,13-14H,1-2,6H2,3H3,(H,16,18)/t13-,14+/m0/s1. The Bertz CT molecular complexity index is 665. The largest absolute Gasteiger partial charge is 0.332 e. The first-order chi connectivity index (χ1) is 9.91. The SMILES string of the molecule is C=CC[C@@H]1NC(=O)N(S(=O)(=O)c2ccc(C)cc2)[C@@H]1C=C. The van der Waals surface area contributed by atoms with Crippen molar-refractivity contribution in [3.8, 4) is 0 Å². The predicted molar refractivity (Wildman–Crippen MR) is 81.3 cm³/mol. The van der Waals surface area contributed by atoms with Crippen LogP contribution in [0, 0.1) is 6.92 Å². The minimum Gasteiger partial charge on any atom is -0.332 e. The van der Waals surface area contributed by atoms with Crippen LogP contribution in [0.2, 0.25) is 0 Å². The number of amides is 2. The second-order valence-electron chi connectivity index (χ2n) is 4.92. The van der Waals surface area contributed by atoms with Crippen molar-refractivity contribution >= 4 is 16.1 Å². The number of hydrogen-bond acceptors (Lipinski definition) is 3.